The Hall–Kier alpha value is -0.360. The Morgan fingerprint density at radius 3 is 2.93 bits per heavy atom. The van der Waals surface area contributed by atoms with Crippen LogP contribution in [-0.4, -0.2) is 16.9 Å². The van der Waals surface area contributed by atoms with Gasteiger partial charge in [-0.3, -0.25) is 4.79 Å². The molecule has 0 atom stereocenters. The van der Waals surface area contributed by atoms with Crippen molar-refractivity contribution in [3.63, 3.8) is 0 Å². The summed E-state index contributed by atoms with van der Waals surface area (Å²) in [6.45, 7) is 0.549. The molecule has 0 fully saturated rings. The van der Waals surface area contributed by atoms with E-state index in [1.165, 1.54) is 12.1 Å². The third-order valence-corrected chi connectivity index (χ3v) is 2.85. The maximum Gasteiger partial charge on any atom is 0.254 e. The lowest BCUT2D eigenvalue weighted by molar-refractivity contribution is 0.0950. The third kappa shape index (κ3) is 3.61. The number of amides is 1. The van der Waals surface area contributed by atoms with Gasteiger partial charge in [0.1, 0.15) is 0 Å². The highest BCUT2D eigenvalue weighted by atomic mass is 127. The number of hydrogen-bond acceptors (Lipinski definition) is 1. The Labute approximate surface area is 106 Å². The Bertz CT molecular complexity index is 359. The average Bonchev–Trinajstić information content (AvgIpc) is 2.22. The highest BCUT2D eigenvalue weighted by molar-refractivity contribution is 14.1. The van der Waals surface area contributed by atoms with Gasteiger partial charge in [-0.25, -0.2) is 4.39 Å². The van der Waals surface area contributed by atoms with Crippen molar-refractivity contribution in [2.24, 2.45) is 0 Å². The summed E-state index contributed by atoms with van der Waals surface area (Å²) in [6.07, 6.45) is 0.870. The Morgan fingerprint density at radius 2 is 2.27 bits per heavy atom. The molecule has 2 nitrogen and oxygen atoms in total. The zero-order valence-electron chi connectivity index (χ0n) is 7.90. The van der Waals surface area contributed by atoms with Crippen molar-refractivity contribution >= 4 is 40.1 Å². The summed E-state index contributed by atoms with van der Waals surface area (Å²) in [5.74, 6) is -1.08. The van der Waals surface area contributed by atoms with Crippen LogP contribution in [0.3, 0.4) is 0 Å². The topological polar surface area (TPSA) is 29.1 Å². The van der Waals surface area contributed by atoms with Crippen LogP contribution in [0.2, 0.25) is 5.02 Å². The van der Waals surface area contributed by atoms with Gasteiger partial charge in [0.15, 0.2) is 5.82 Å². The fourth-order valence-electron chi connectivity index (χ4n) is 1.04. The molecule has 0 radical (unpaired) electrons. The van der Waals surface area contributed by atoms with E-state index in [1.807, 2.05) is 0 Å². The van der Waals surface area contributed by atoms with E-state index in [4.69, 9.17) is 11.6 Å². The molecule has 15 heavy (non-hydrogen) atoms. The molecule has 1 rings (SSSR count). The van der Waals surface area contributed by atoms with Crippen LogP contribution in [0.1, 0.15) is 16.8 Å². The van der Waals surface area contributed by atoms with E-state index >= 15 is 0 Å². The van der Waals surface area contributed by atoms with E-state index in [0.29, 0.717) is 6.54 Å². The van der Waals surface area contributed by atoms with E-state index in [1.54, 1.807) is 6.07 Å². The molecule has 82 valence electrons. The SMILES string of the molecule is O=C(NCCCI)c1cccc(Cl)c1F. The number of halogens is 3. The first kappa shape index (κ1) is 12.7. The van der Waals surface area contributed by atoms with Crippen molar-refractivity contribution in [3.05, 3.63) is 34.6 Å². The van der Waals surface area contributed by atoms with Gasteiger partial charge in [-0.2, -0.15) is 0 Å². The van der Waals surface area contributed by atoms with Gasteiger partial charge in [0.25, 0.3) is 5.91 Å². The van der Waals surface area contributed by atoms with Crippen LogP contribution in [0.25, 0.3) is 0 Å². The van der Waals surface area contributed by atoms with Crippen molar-refractivity contribution in [2.45, 2.75) is 6.42 Å². The fourth-order valence-corrected chi connectivity index (χ4v) is 1.60. The summed E-state index contributed by atoms with van der Waals surface area (Å²) in [5, 5.41) is 2.59. The number of benzene rings is 1. The molecular formula is C10H10ClFINO. The zero-order chi connectivity index (χ0) is 11.3. The van der Waals surface area contributed by atoms with E-state index in [9.17, 15) is 9.18 Å². The Kier molecular flexibility index (Phi) is 5.31. The van der Waals surface area contributed by atoms with Gasteiger partial charge < -0.3 is 5.32 Å². The lowest BCUT2D eigenvalue weighted by Gasteiger charge is -2.05. The molecule has 0 saturated heterocycles. The average molecular weight is 342 g/mol. The smallest absolute Gasteiger partial charge is 0.254 e. The molecule has 1 aromatic rings. The fraction of sp³-hybridized carbons (Fsp3) is 0.300. The second kappa shape index (κ2) is 6.27. The molecule has 0 aliphatic heterocycles. The van der Waals surface area contributed by atoms with E-state index in [-0.39, 0.29) is 10.6 Å². The van der Waals surface area contributed by atoms with Gasteiger partial charge in [-0.1, -0.05) is 40.3 Å². The van der Waals surface area contributed by atoms with E-state index < -0.39 is 11.7 Å². The lowest BCUT2D eigenvalue weighted by atomic mass is 10.2. The van der Waals surface area contributed by atoms with Crippen LogP contribution in [0, 0.1) is 5.82 Å². The lowest BCUT2D eigenvalue weighted by Crippen LogP contribution is -2.25. The molecule has 5 heteroatoms. The standard InChI is InChI=1S/C10H10ClFINO/c11-8-4-1-3-7(9(8)12)10(15)14-6-2-5-13/h1,3-4H,2,5-6H2,(H,14,15). The minimum atomic E-state index is -0.661. The highest BCUT2D eigenvalue weighted by Gasteiger charge is 2.12. The minimum Gasteiger partial charge on any atom is -0.352 e. The normalized spacial score (nSPS) is 10.1. The molecule has 0 aliphatic carbocycles. The number of hydrogen-bond donors (Lipinski definition) is 1. The molecule has 0 bridgehead atoms. The number of carbonyl (C=O) groups excluding carboxylic acids is 1. The second-order valence-electron chi connectivity index (χ2n) is 2.90. The van der Waals surface area contributed by atoms with Crippen LogP contribution in [0.4, 0.5) is 4.39 Å². The summed E-state index contributed by atoms with van der Waals surface area (Å²) >= 11 is 7.78. The van der Waals surface area contributed by atoms with Gasteiger partial charge in [-0.05, 0) is 18.6 Å². The van der Waals surface area contributed by atoms with Crippen LogP contribution in [0.5, 0.6) is 0 Å². The minimum absolute atomic E-state index is 0.00374. The van der Waals surface area contributed by atoms with E-state index in [2.05, 4.69) is 27.9 Å². The molecular weight excluding hydrogens is 331 g/mol. The Balaban J connectivity index is 2.69. The molecule has 0 saturated carbocycles. The molecule has 0 aliphatic rings. The largest absolute Gasteiger partial charge is 0.352 e. The van der Waals surface area contributed by atoms with Gasteiger partial charge in [0.2, 0.25) is 0 Å². The van der Waals surface area contributed by atoms with Crippen molar-refractivity contribution in [1.29, 1.82) is 0 Å². The second-order valence-corrected chi connectivity index (χ2v) is 4.39. The third-order valence-electron chi connectivity index (χ3n) is 1.79. The number of nitrogens with one attached hydrogen (secondary N) is 1. The van der Waals surface area contributed by atoms with Crippen molar-refractivity contribution in [2.75, 3.05) is 11.0 Å². The number of carbonyl (C=O) groups is 1. The first-order valence-corrected chi connectivity index (χ1v) is 6.35. The quantitative estimate of drug-likeness (QED) is 0.509. The summed E-state index contributed by atoms with van der Waals surface area (Å²) < 4.78 is 14.3. The molecule has 0 heterocycles. The summed E-state index contributed by atoms with van der Waals surface area (Å²) in [6, 6.07) is 4.39. The number of alkyl halides is 1. The molecule has 0 aromatic heterocycles. The molecule has 1 N–H and O–H groups in total. The van der Waals surface area contributed by atoms with Crippen LogP contribution in [0.15, 0.2) is 18.2 Å². The molecule has 0 unspecified atom stereocenters. The first-order chi connectivity index (χ1) is 7.16. The predicted molar refractivity (Wildman–Crippen MR) is 67.2 cm³/mol. The molecule has 1 aromatic carbocycles. The van der Waals surface area contributed by atoms with Gasteiger partial charge in [0, 0.05) is 11.0 Å². The maximum absolute atomic E-state index is 13.4. The van der Waals surface area contributed by atoms with E-state index in [0.717, 1.165) is 10.8 Å². The van der Waals surface area contributed by atoms with Gasteiger partial charge >= 0.3 is 0 Å². The molecule has 1 amide bonds. The molecule has 0 spiro atoms. The van der Waals surface area contributed by atoms with Crippen LogP contribution >= 0.6 is 34.2 Å². The van der Waals surface area contributed by atoms with Crippen molar-refractivity contribution < 1.29 is 9.18 Å². The highest BCUT2D eigenvalue weighted by Crippen LogP contribution is 2.17. The summed E-state index contributed by atoms with van der Waals surface area (Å²) in [5.41, 5.74) is -0.00374. The van der Waals surface area contributed by atoms with Crippen LogP contribution < -0.4 is 5.32 Å². The van der Waals surface area contributed by atoms with Gasteiger partial charge in [-0.15, -0.1) is 0 Å². The van der Waals surface area contributed by atoms with Crippen LogP contribution in [-0.2, 0) is 0 Å². The zero-order valence-corrected chi connectivity index (χ0v) is 10.8. The van der Waals surface area contributed by atoms with Crippen molar-refractivity contribution in [1.82, 2.24) is 5.32 Å². The first-order valence-electron chi connectivity index (χ1n) is 4.45. The Morgan fingerprint density at radius 1 is 1.53 bits per heavy atom. The summed E-state index contributed by atoms with van der Waals surface area (Å²) in [4.78, 5) is 11.5. The predicted octanol–water partition coefficient (Wildman–Crippen LogP) is 3.03. The summed E-state index contributed by atoms with van der Waals surface area (Å²) in [7, 11) is 0. The maximum atomic E-state index is 13.4. The number of rotatable bonds is 4. The monoisotopic (exact) mass is 341 g/mol. The van der Waals surface area contributed by atoms with Gasteiger partial charge in [0.05, 0.1) is 10.6 Å². The van der Waals surface area contributed by atoms with Crippen molar-refractivity contribution in [3.8, 4) is 0 Å².